The van der Waals surface area contributed by atoms with Gasteiger partial charge >= 0.3 is 5.97 Å². The van der Waals surface area contributed by atoms with Crippen molar-refractivity contribution in [2.24, 2.45) is 5.92 Å². The molecular weight excluding hydrogens is 296 g/mol. The second kappa shape index (κ2) is 7.76. The summed E-state index contributed by atoms with van der Waals surface area (Å²) in [6, 6.07) is 6.82. The first-order chi connectivity index (χ1) is 11.0. The number of carboxylic acid groups (broad SMARTS) is 1. The Bertz CT molecular complexity index is 583. The summed E-state index contributed by atoms with van der Waals surface area (Å²) in [5.41, 5.74) is 1.24. The summed E-state index contributed by atoms with van der Waals surface area (Å²) in [5, 5.41) is 11.4. The molecule has 0 spiro atoms. The molecule has 1 aliphatic heterocycles. The van der Waals surface area contributed by atoms with Gasteiger partial charge in [0.15, 0.2) is 0 Å². The summed E-state index contributed by atoms with van der Waals surface area (Å²) in [6.45, 7) is 2.75. The minimum atomic E-state index is -0.790. The highest BCUT2D eigenvalue weighted by Crippen LogP contribution is 2.23. The van der Waals surface area contributed by atoms with Crippen LogP contribution >= 0.6 is 0 Å². The molecule has 2 rings (SSSR count). The third-order valence-corrected chi connectivity index (χ3v) is 4.02. The summed E-state index contributed by atoms with van der Waals surface area (Å²) in [5.74, 6) is -0.731. The molecule has 124 valence electrons. The van der Waals surface area contributed by atoms with Gasteiger partial charge in [-0.1, -0.05) is 0 Å². The molecule has 1 fully saturated rings. The number of hydrogen-bond acceptors (Lipinski definition) is 3. The Morgan fingerprint density at radius 1 is 1.26 bits per heavy atom. The van der Waals surface area contributed by atoms with Gasteiger partial charge in [-0.25, -0.2) is 0 Å². The Morgan fingerprint density at radius 3 is 2.57 bits per heavy atom. The van der Waals surface area contributed by atoms with Crippen LogP contribution < -0.4 is 5.32 Å². The number of likely N-dealkylation sites (tertiary alicyclic amines) is 1. The van der Waals surface area contributed by atoms with Crippen molar-refractivity contribution in [1.29, 1.82) is 0 Å². The Balaban J connectivity index is 1.96. The highest BCUT2D eigenvalue weighted by molar-refractivity contribution is 5.95. The molecule has 0 bridgehead atoms. The SMILES string of the molecule is CC(=O)Nc1ccc(C(=O)N2CCCC(CCC(=O)O)C2)cc1. The zero-order valence-electron chi connectivity index (χ0n) is 13.2. The van der Waals surface area contributed by atoms with E-state index in [9.17, 15) is 14.4 Å². The Labute approximate surface area is 135 Å². The highest BCUT2D eigenvalue weighted by Gasteiger charge is 2.24. The monoisotopic (exact) mass is 318 g/mol. The number of rotatable bonds is 5. The number of amides is 2. The van der Waals surface area contributed by atoms with E-state index in [1.165, 1.54) is 6.92 Å². The van der Waals surface area contributed by atoms with Crippen LogP contribution in [0.15, 0.2) is 24.3 Å². The van der Waals surface area contributed by atoms with E-state index in [2.05, 4.69) is 5.32 Å². The number of aliphatic carboxylic acids is 1. The van der Waals surface area contributed by atoms with E-state index in [4.69, 9.17) is 5.11 Å². The fourth-order valence-corrected chi connectivity index (χ4v) is 2.89. The molecule has 1 aromatic rings. The van der Waals surface area contributed by atoms with Gasteiger partial charge in [0, 0.05) is 37.7 Å². The molecule has 6 heteroatoms. The number of nitrogens with zero attached hydrogens (tertiary/aromatic N) is 1. The second-order valence-electron chi connectivity index (χ2n) is 5.95. The van der Waals surface area contributed by atoms with E-state index in [-0.39, 0.29) is 24.2 Å². The van der Waals surface area contributed by atoms with Gasteiger partial charge in [-0.15, -0.1) is 0 Å². The largest absolute Gasteiger partial charge is 0.481 e. The number of benzene rings is 1. The summed E-state index contributed by atoms with van der Waals surface area (Å²) in [6.07, 6.45) is 2.64. The van der Waals surface area contributed by atoms with Crippen molar-refractivity contribution >= 4 is 23.5 Å². The molecule has 1 unspecified atom stereocenters. The average molecular weight is 318 g/mol. The fraction of sp³-hybridized carbons (Fsp3) is 0.471. The number of hydrogen-bond donors (Lipinski definition) is 2. The predicted molar refractivity (Wildman–Crippen MR) is 86.2 cm³/mol. The van der Waals surface area contributed by atoms with E-state index in [0.29, 0.717) is 30.8 Å². The van der Waals surface area contributed by atoms with E-state index in [0.717, 1.165) is 12.8 Å². The lowest BCUT2D eigenvalue weighted by Gasteiger charge is -2.32. The topological polar surface area (TPSA) is 86.7 Å². The Hall–Kier alpha value is -2.37. The summed E-state index contributed by atoms with van der Waals surface area (Å²) in [4.78, 5) is 36.0. The second-order valence-corrected chi connectivity index (χ2v) is 5.95. The number of piperidine rings is 1. The molecule has 1 heterocycles. The molecule has 2 amide bonds. The predicted octanol–water partition coefficient (Wildman–Crippen LogP) is 2.36. The van der Waals surface area contributed by atoms with E-state index in [1.54, 1.807) is 29.2 Å². The van der Waals surface area contributed by atoms with Crippen LogP contribution in [0.5, 0.6) is 0 Å². The van der Waals surface area contributed by atoms with Crippen molar-refractivity contribution in [1.82, 2.24) is 4.90 Å². The number of carbonyl (C=O) groups is 3. The van der Waals surface area contributed by atoms with Crippen LogP contribution in [-0.4, -0.2) is 40.9 Å². The van der Waals surface area contributed by atoms with E-state index >= 15 is 0 Å². The van der Waals surface area contributed by atoms with Gasteiger partial charge in [0.2, 0.25) is 5.91 Å². The van der Waals surface area contributed by atoms with Crippen LogP contribution in [0, 0.1) is 5.92 Å². The molecule has 1 saturated heterocycles. The van der Waals surface area contributed by atoms with Crippen molar-refractivity contribution in [2.45, 2.75) is 32.6 Å². The number of anilines is 1. The van der Waals surface area contributed by atoms with Gasteiger partial charge in [-0.05, 0) is 49.4 Å². The molecule has 0 aromatic heterocycles. The highest BCUT2D eigenvalue weighted by atomic mass is 16.4. The standard InChI is InChI=1S/C17H22N2O4/c1-12(20)18-15-7-5-14(6-8-15)17(23)19-10-2-3-13(11-19)4-9-16(21)22/h5-8,13H,2-4,9-11H2,1H3,(H,18,20)(H,21,22). The molecule has 0 saturated carbocycles. The molecule has 1 aromatic carbocycles. The molecule has 2 N–H and O–H groups in total. The van der Waals surface area contributed by atoms with Crippen molar-refractivity contribution in [3.8, 4) is 0 Å². The maximum Gasteiger partial charge on any atom is 0.303 e. The first kappa shape index (κ1) is 17.0. The average Bonchev–Trinajstić information content (AvgIpc) is 2.53. The van der Waals surface area contributed by atoms with E-state index < -0.39 is 5.97 Å². The van der Waals surface area contributed by atoms with Crippen molar-refractivity contribution in [3.05, 3.63) is 29.8 Å². The van der Waals surface area contributed by atoms with Crippen molar-refractivity contribution in [2.75, 3.05) is 18.4 Å². The van der Waals surface area contributed by atoms with E-state index in [1.807, 2.05) is 0 Å². The van der Waals surface area contributed by atoms with Gasteiger partial charge in [-0.2, -0.15) is 0 Å². The maximum absolute atomic E-state index is 12.5. The van der Waals surface area contributed by atoms with Crippen molar-refractivity contribution in [3.63, 3.8) is 0 Å². The molecule has 1 aliphatic rings. The van der Waals surface area contributed by atoms with Crippen molar-refractivity contribution < 1.29 is 19.5 Å². The zero-order valence-corrected chi connectivity index (χ0v) is 13.2. The first-order valence-corrected chi connectivity index (χ1v) is 7.84. The number of carbonyl (C=O) groups excluding carboxylic acids is 2. The summed E-state index contributed by atoms with van der Waals surface area (Å²) >= 11 is 0. The lowest BCUT2D eigenvalue weighted by atomic mass is 9.93. The number of nitrogens with one attached hydrogen (secondary N) is 1. The van der Waals surface area contributed by atoms with Gasteiger partial charge in [0.1, 0.15) is 0 Å². The first-order valence-electron chi connectivity index (χ1n) is 7.84. The molecule has 0 aliphatic carbocycles. The van der Waals surface area contributed by atoms with Crippen LogP contribution in [0.4, 0.5) is 5.69 Å². The molecule has 0 radical (unpaired) electrons. The van der Waals surface area contributed by atoms with Crippen LogP contribution in [-0.2, 0) is 9.59 Å². The van der Waals surface area contributed by atoms with Crippen LogP contribution in [0.2, 0.25) is 0 Å². The Morgan fingerprint density at radius 2 is 1.96 bits per heavy atom. The lowest BCUT2D eigenvalue weighted by molar-refractivity contribution is -0.137. The van der Waals surface area contributed by atoms with Gasteiger partial charge in [0.05, 0.1) is 0 Å². The summed E-state index contributed by atoms with van der Waals surface area (Å²) < 4.78 is 0. The molecule has 23 heavy (non-hydrogen) atoms. The molecule has 6 nitrogen and oxygen atoms in total. The van der Waals surface area contributed by atoms with Crippen LogP contribution in [0.1, 0.15) is 43.0 Å². The third-order valence-electron chi connectivity index (χ3n) is 4.02. The van der Waals surface area contributed by atoms with Gasteiger partial charge in [-0.3, -0.25) is 14.4 Å². The Kier molecular flexibility index (Phi) is 5.73. The zero-order chi connectivity index (χ0) is 16.8. The van der Waals surface area contributed by atoms with Gasteiger partial charge in [0.25, 0.3) is 5.91 Å². The molecule has 1 atom stereocenters. The smallest absolute Gasteiger partial charge is 0.303 e. The lowest BCUT2D eigenvalue weighted by Crippen LogP contribution is -2.40. The quantitative estimate of drug-likeness (QED) is 0.872. The van der Waals surface area contributed by atoms with Crippen LogP contribution in [0.3, 0.4) is 0 Å². The minimum Gasteiger partial charge on any atom is -0.481 e. The van der Waals surface area contributed by atoms with Gasteiger partial charge < -0.3 is 15.3 Å². The fourth-order valence-electron chi connectivity index (χ4n) is 2.89. The molecular formula is C17H22N2O4. The van der Waals surface area contributed by atoms with Crippen LogP contribution in [0.25, 0.3) is 0 Å². The number of carboxylic acids is 1. The normalized spacial score (nSPS) is 17.6. The third kappa shape index (κ3) is 5.09. The maximum atomic E-state index is 12.5. The summed E-state index contributed by atoms with van der Waals surface area (Å²) in [7, 11) is 0. The minimum absolute atomic E-state index is 0.0422.